The smallest absolute Gasteiger partial charge is 0.280 e. The number of hydrogen-bond donors (Lipinski definition) is 1. The van der Waals surface area contributed by atoms with Crippen LogP contribution in [0.25, 0.3) is 0 Å². The van der Waals surface area contributed by atoms with Crippen molar-refractivity contribution < 1.29 is 18.1 Å². The molecule has 150 valence electrons. The molecule has 2 saturated heterocycles. The number of likely N-dealkylation sites (tertiary alicyclic amines) is 1. The summed E-state index contributed by atoms with van der Waals surface area (Å²) in [5, 5.41) is 0. The van der Waals surface area contributed by atoms with Crippen LogP contribution in [-0.4, -0.2) is 68.8 Å². The summed E-state index contributed by atoms with van der Waals surface area (Å²) in [5.41, 5.74) is 1.05. The second kappa shape index (κ2) is 8.71. The zero-order valence-corrected chi connectivity index (χ0v) is 17.3. The molecule has 2 fully saturated rings. The van der Waals surface area contributed by atoms with E-state index in [4.69, 9.17) is 0 Å². The summed E-state index contributed by atoms with van der Waals surface area (Å²) >= 11 is 0. The van der Waals surface area contributed by atoms with Gasteiger partial charge in [0.2, 0.25) is 10.0 Å². The normalized spacial score (nSPS) is 21.6. The van der Waals surface area contributed by atoms with E-state index in [0.29, 0.717) is 31.1 Å². The zero-order valence-electron chi connectivity index (χ0n) is 16.5. The van der Waals surface area contributed by atoms with Crippen molar-refractivity contribution in [2.75, 3.05) is 39.3 Å². The summed E-state index contributed by atoms with van der Waals surface area (Å²) in [5.74, 6) is 0.224. The quantitative estimate of drug-likeness (QED) is 0.817. The van der Waals surface area contributed by atoms with Gasteiger partial charge in [-0.3, -0.25) is 4.79 Å². The number of benzene rings is 1. The fraction of sp³-hybridized carbons (Fsp3) is 0.650. The Morgan fingerprint density at radius 1 is 0.963 bits per heavy atom. The van der Waals surface area contributed by atoms with Crippen molar-refractivity contribution in [1.29, 1.82) is 0 Å². The van der Waals surface area contributed by atoms with Crippen molar-refractivity contribution in [3.63, 3.8) is 0 Å². The fourth-order valence-corrected chi connectivity index (χ4v) is 5.49. The molecule has 0 spiro atoms. The van der Waals surface area contributed by atoms with E-state index in [1.165, 1.54) is 17.7 Å². The van der Waals surface area contributed by atoms with E-state index >= 15 is 0 Å². The molecule has 3 rings (SSSR count). The zero-order chi connectivity index (χ0) is 19.4. The number of rotatable bonds is 4. The monoisotopic (exact) mass is 394 g/mol. The molecule has 1 aromatic rings. The molecule has 1 N–H and O–H groups in total. The average Bonchev–Trinajstić information content (AvgIpc) is 2.97. The van der Waals surface area contributed by atoms with Crippen molar-refractivity contribution in [2.45, 2.75) is 50.5 Å². The number of piperazine rings is 1. The van der Waals surface area contributed by atoms with Gasteiger partial charge < -0.3 is 9.80 Å². The van der Waals surface area contributed by atoms with Crippen molar-refractivity contribution in [1.82, 2.24) is 9.21 Å². The van der Waals surface area contributed by atoms with E-state index in [1.54, 1.807) is 16.4 Å². The second-order valence-electron chi connectivity index (χ2n) is 7.84. The molecule has 6 nitrogen and oxygen atoms in total. The highest BCUT2D eigenvalue weighted by Gasteiger charge is 2.35. The van der Waals surface area contributed by atoms with Crippen LogP contribution in [0.2, 0.25) is 0 Å². The molecular formula is C20H32N3O3S+. The molecule has 1 aromatic carbocycles. The predicted molar refractivity (Wildman–Crippen MR) is 105 cm³/mol. The summed E-state index contributed by atoms with van der Waals surface area (Å²) in [4.78, 5) is 16.4. The van der Waals surface area contributed by atoms with Crippen LogP contribution in [0, 0.1) is 6.92 Å². The van der Waals surface area contributed by atoms with Crippen LogP contribution in [0.1, 0.15) is 38.2 Å². The minimum atomic E-state index is -3.45. The number of quaternary nitrogens is 1. The standard InChI is InChI=1S/C20H31N3O3S/c1-17-7-9-19(10-8-17)27(25,26)23-15-13-21(14-16-23)18(2)20(24)22-11-5-3-4-6-12-22/h7-10,18H,3-6,11-16H2,1-2H3/p+1/t18-/m0/s1. The first kappa shape index (κ1) is 20.3. The maximum absolute atomic E-state index is 12.9. The number of carbonyl (C=O) groups excluding carboxylic acids is 1. The highest BCUT2D eigenvalue weighted by Crippen LogP contribution is 2.16. The van der Waals surface area contributed by atoms with Crippen LogP contribution in [-0.2, 0) is 14.8 Å². The molecule has 2 heterocycles. The van der Waals surface area contributed by atoms with Crippen LogP contribution in [0.5, 0.6) is 0 Å². The number of carbonyl (C=O) groups is 1. The Labute approximate surface area is 163 Å². The van der Waals surface area contributed by atoms with Crippen LogP contribution in [0.4, 0.5) is 0 Å². The number of nitrogens with one attached hydrogen (secondary N) is 1. The molecule has 2 aliphatic rings. The van der Waals surface area contributed by atoms with E-state index in [9.17, 15) is 13.2 Å². The van der Waals surface area contributed by atoms with E-state index in [2.05, 4.69) is 0 Å². The second-order valence-corrected chi connectivity index (χ2v) is 9.77. The highest BCUT2D eigenvalue weighted by molar-refractivity contribution is 7.89. The summed E-state index contributed by atoms with van der Waals surface area (Å²) in [6, 6.07) is 6.91. The topological polar surface area (TPSA) is 62.1 Å². The molecule has 2 aliphatic heterocycles. The van der Waals surface area contributed by atoms with Crippen LogP contribution in [0.3, 0.4) is 0 Å². The number of nitrogens with zero attached hydrogens (tertiary/aromatic N) is 2. The average molecular weight is 395 g/mol. The third kappa shape index (κ3) is 4.70. The largest absolute Gasteiger partial charge is 0.338 e. The Hall–Kier alpha value is -1.44. The minimum absolute atomic E-state index is 0.104. The van der Waals surface area contributed by atoms with Gasteiger partial charge >= 0.3 is 0 Å². The molecular weight excluding hydrogens is 362 g/mol. The third-order valence-corrected chi connectivity index (χ3v) is 7.84. The first-order chi connectivity index (χ1) is 12.9. The van der Waals surface area contributed by atoms with E-state index in [-0.39, 0.29) is 11.9 Å². The maximum Gasteiger partial charge on any atom is 0.280 e. The number of hydrogen-bond acceptors (Lipinski definition) is 3. The van der Waals surface area contributed by atoms with Crippen molar-refractivity contribution >= 4 is 15.9 Å². The molecule has 27 heavy (non-hydrogen) atoms. The van der Waals surface area contributed by atoms with Crippen LogP contribution < -0.4 is 4.90 Å². The predicted octanol–water partition coefficient (Wildman–Crippen LogP) is 0.675. The van der Waals surface area contributed by atoms with Gasteiger partial charge in [-0.2, -0.15) is 4.31 Å². The van der Waals surface area contributed by atoms with E-state index in [0.717, 1.165) is 31.5 Å². The van der Waals surface area contributed by atoms with Gasteiger partial charge in [0.25, 0.3) is 5.91 Å². The molecule has 0 saturated carbocycles. The van der Waals surface area contributed by atoms with E-state index in [1.807, 2.05) is 30.9 Å². The lowest BCUT2D eigenvalue weighted by Crippen LogP contribution is -3.19. The van der Waals surface area contributed by atoms with Crippen molar-refractivity contribution in [2.24, 2.45) is 0 Å². The molecule has 1 atom stereocenters. The van der Waals surface area contributed by atoms with Gasteiger partial charge in [-0.05, 0) is 38.8 Å². The Kier molecular flexibility index (Phi) is 6.55. The van der Waals surface area contributed by atoms with Gasteiger partial charge in [0.05, 0.1) is 31.1 Å². The van der Waals surface area contributed by atoms with Crippen molar-refractivity contribution in [3.8, 4) is 0 Å². The minimum Gasteiger partial charge on any atom is -0.338 e. The number of amides is 1. The molecule has 7 heteroatoms. The Morgan fingerprint density at radius 2 is 1.52 bits per heavy atom. The lowest BCUT2D eigenvalue weighted by molar-refractivity contribution is -0.918. The van der Waals surface area contributed by atoms with Gasteiger partial charge in [0.15, 0.2) is 6.04 Å². The molecule has 0 unspecified atom stereocenters. The van der Waals surface area contributed by atoms with Gasteiger partial charge in [0.1, 0.15) is 0 Å². The first-order valence-corrected chi connectivity index (χ1v) is 11.5. The fourth-order valence-electron chi connectivity index (χ4n) is 4.05. The maximum atomic E-state index is 12.9. The Morgan fingerprint density at radius 3 is 2.07 bits per heavy atom. The summed E-state index contributed by atoms with van der Waals surface area (Å²) in [6.07, 6.45) is 4.61. The number of aryl methyl sites for hydroxylation is 1. The van der Waals surface area contributed by atoms with Gasteiger partial charge in [0, 0.05) is 13.1 Å². The molecule has 0 bridgehead atoms. The highest BCUT2D eigenvalue weighted by atomic mass is 32.2. The number of sulfonamides is 1. The molecule has 1 amide bonds. The lowest BCUT2D eigenvalue weighted by atomic mass is 10.2. The van der Waals surface area contributed by atoms with Crippen LogP contribution in [0.15, 0.2) is 29.2 Å². The van der Waals surface area contributed by atoms with Gasteiger partial charge in [-0.25, -0.2) is 8.42 Å². The van der Waals surface area contributed by atoms with Crippen molar-refractivity contribution in [3.05, 3.63) is 29.8 Å². The SMILES string of the molecule is Cc1ccc(S(=O)(=O)N2CC[NH+]([C@@H](C)C(=O)N3CCCCCC3)CC2)cc1. The Bertz CT molecular complexity index is 732. The summed E-state index contributed by atoms with van der Waals surface area (Å²) in [7, 11) is -3.45. The molecule has 0 aliphatic carbocycles. The molecule has 0 aromatic heterocycles. The summed E-state index contributed by atoms with van der Waals surface area (Å²) in [6.45, 7) is 7.94. The Balaban J connectivity index is 1.59. The lowest BCUT2D eigenvalue weighted by Gasteiger charge is -2.35. The van der Waals surface area contributed by atoms with Crippen LogP contribution >= 0.6 is 0 Å². The third-order valence-electron chi connectivity index (χ3n) is 5.92. The van der Waals surface area contributed by atoms with Gasteiger partial charge in [-0.1, -0.05) is 30.5 Å². The van der Waals surface area contributed by atoms with Gasteiger partial charge in [-0.15, -0.1) is 0 Å². The molecule has 0 radical (unpaired) electrons. The van der Waals surface area contributed by atoms with E-state index < -0.39 is 10.0 Å². The first-order valence-electron chi connectivity index (χ1n) is 10.1. The summed E-state index contributed by atoms with van der Waals surface area (Å²) < 4.78 is 27.2.